The van der Waals surface area contributed by atoms with Gasteiger partial charge < -0.3 is 10.2 Å². The molecule has 3 nitrogen and oxygen atoms in total. The van der Waals surface area contributed by atoms with Gasteiger partial charge in [-0.2, -0.15) is 0 Å². The van der Waals surface area contributed by atoms with Crippen molar-refractivity contribution >= 4 is 11.8 Å². The van der Waals surface area contributed by atoms with E-state index in [2.05, 4.69) is 118 Å². The van der Waals surface area contributed by atoms with Gasteiger partial charge in [0.1, 0.15) is 0 Å². The first-order valence-corrected chi connectivity index (χ1v) is 16.4. The topological polar surface area (TPSA) is 27.6 Å². The molecule has 1 aliphatic carbocycles. The summed E-state index contributed by atoms with van der Waals surface area (Å²) in [6.07, 6.45) is 20.1. The zero-order valence-corrected chi connectivity index (χ0v) is 27.9. The highest BCUT2D eigenvalue weighted by Crippen LogP contribution is 2.35. The van der Waals surface area contributed by atoms with Crippen LogP contribution in [0.15, 0.2) is 89.1 Å². The van der Waals surface area contributed by atoms with E-state index in [0.29, 0.717) is 12.5 Å². The van der Waals surface area contributed by atoms with Gasteiger partial charge in [0.2, 0.25) is 0 Å². The summed E-state index contributed by atoms with van der Waals surface area (Å²) in [7, 11) is 0. The maximum atomic E-state index is 4.76. The monoisotopic (exact) mass is 579 g/mol. The fraction of sp³-hybridized carbons (Fsp3) is 0.475. The minimum Gasteiger partial charge on any atom is -0.387 e. The van der Waals surface area contributed by atoms with Gasteiger partial charge in [-0.05, 0) is 125 Å². The Morgan fingerprint density at radius 2 is 1.51 bits per heavy atom. The van der Waals surface area contributed by atoms with Crippen molar-refractivity contribution in [2.75, 3.05) is 26.2 Å². The van der Waals surface area contributed by atoms with E-state index in [1.54, 1.807) is 0 Å². The van der Waals surface area contributed by atoms with Crippen LogP contribution in [-0.2, 0) is 0 Å². The molecule has 2 aliphatic rings. The first kappa shape index (κ1) is 35.8. The van der Waals surface area contributed by atoms with E-state index in [1.165, 1.54) is 79.5 Å². The van der Waals surface area contributed by atoms with Gasteiger partial charge in [0.05, 0.1) is 6.54 Å². The maximum Gasteiger partial charge on any atom is 0.0786 e. The largest absolute Gasteiger partial charge is 0.387 e. The van der Waals surface area contributed by atoms with E-state index in [0.717, 1.165) is 29.8 Å². The van der Waals surface area contributed by atoms with Crippen molar-refractivity contribution in [2.24, 2.45) is 10.9 Å². The lowest BCUT2D eigenvalue weighted by atomic mass is 9.80. The molecule has 1 aliphatic heterocycles. The van der Waals surface area contributed by atoms with Gasteiger partial charge in [0.25, 0.3) is 0 Å². The van der Waals surface area contributed by atoms with E-state index >= 15 is 0 Å². The van der Waals surface area contributed by atoms with Crippen LogP contribution in [-0.4, -0.2) is 43.3 Å². The van der Waals surface area contributed by atoms with E-state index in [1.807, 2.05) is 20.1 Å². The van der Waals surface area contributed by atoms with Crippen LogP contribution in [0.3, 0.4) is 0 Å². The lowest BCUT2D eigenvalue weighted by Gasteiger charge is -2.41. The summed E-state index contributed by atoms with van der Waals surface area (Å²) in [6, 6.07) is 20.4. The predicted octanol–water partition coefficient (Wildman–Crippen LogP) is 9.62. The third-order valence-electron chi connectivity index (χ3n) is 8.93. The second-order valence-corrected chi connectivity index (χ2v) is 11.9. The number of nitrogens with one attached hydrogen (secondary N) is 1. The third kappa shape index (κ3) is 11.7. The van der Waals surface area contributed by atoms with Gasteiger partial charge in [-0.1, -0.05) is 80.6 Å². The highest BCUT2D eigenvalue weighted by atomic mass is 15.2. The van der Waals surface area contributed by atoms with Gasteiger partial charge in [0.15, 0.2) is 0 Å². The zero-order chi connectivity index (χ0) is 31.6. The van der Waals surface area contributed by atoms with Crippen molar-refractivity contribution < 1.29 is 0 Å². The van der Waals surface area contributed by atoms with Crippen LogP contribution in [0, 0.1) is 25.7 Å². The number of piperidine rings is 1. The Kier molecular flexibility index (Phi) is 16.5. The van der Waals surface area contributed by atoms with Crippen LogP contribution >= 0.6 is 0 Å². The fourth-order valence-electron chi connectivity index (χ4n) is 6.08. The molecule has 1 saturated heterocycles. The molecule has 0 atom stereocenters. The molecular weight excluding hydrogens is 522 g/mol. The van der Waals surface area contributed by atoms with Crippen molar-refractivity contribution in [1.82, 2.24) is 10.2 Å². The number of benzene rings is 2. The summed E-state index contributed by atoms with van der Waals surface area (Å²) in [6.45, 7) is 21.1. The Morgan fingerprint density at radius 1 is 0.907 bits per heavy atom. The minimum absolute atomic E-state index is 0.652. The third-order valence-corrected chi connectivity index (χ3v) is 8.93. The number of terminal acetylenes is 1. The van der Waals surface area contributed by atoms with E-state index in [9.17, 15) is 0 Å². The van der Waals surface area contributed by atoms with Crippen molar-refractivity contribution in [1.29, 1.82) is 0 Å². The van der Waals surface area contributed by atoms with Crippen LogP contribution in [0.5, 0.6) is 0 Å². The van der Waals surface area contributed by atoms with Crippen molar-refractivity contribution in [3.63, 3.8) is 0 Å². The molecule has 0 aromatic heterocycles. The summed E-state index contributed by atoms with van der Waals surface area (Å²) in [5.74, 6) is 1.47. The van der Waals surface area contributed by atoms with Crippen LogP contribution in [0.1, 0.15) is 95.8 Å². The molecule has 2 aromatic rings. The number of aliphatic imine (C=N–C) groups is 1. The number of hydrogen-bond donors (Lipinski definition) is 1. The Balaban J connectivity index is 0.00000155. The second kappa shape index (κ2) is 19.8. The normalized spacial score (nSPS) is 19.4. The summed E-state index contributed by atoms with van der Waals surface area (Å²) in [4.78, 5) is 7.56. The molecule has 43 heavy (non-hydrogen) atoms. The van der Waals surface area contributed by atoms with Crippen molar-refractivity contribution in [2.45, 2.75) is 92.0 Å². The molecule has 0 bridgehead atoms. The molecule has 0 spiro atoms. The maximum absolute atomic E-state index is 4.76. The summed E-state index contributed by atoms with van der Waals surface area (Å²) in [5, 5.41) is 3.78. The number of rotatable bonds is 10. The average Bonchev–Trinajstić information content (AvgIpc) is 3.06. The quantitative estimate of drug-likeness (QED) is 0.172. The van der Waals surface area contributed by atoms with Crippen LogP contribution < -0.4 is 5.32 Å². The SMILES string of the molecule is C#C.C=C(/C=C(\CN=CC(C)=C(C)C)NCC1CCN(C2CCC(c3ccccc3)CC2)CC1)c1ccccc1C.CC. The molecule has 0 unspecified atom stereocenters. The molecule has 0 amide bonds. The zero-order valence-electron chi connectivity index (χ0n) is 27.9. The number of aryl methyl sites for hydroxylation is 1. The molecule has 2 aromatic carbocycles. The van der Waals surface area contributed by atoms with Crippen LogP contribution in [0.4, 0.5) is 0 Å². The van der Waals surface area contributed by atoms with Gasteiger partial charge >= 0.3 is 0 Å². The predicted molar refractivity (Wildman–Crippen MR) is 191 cm³/mol. The molecule has 0 radical (unpaired) electrons. The lowest BCUT2D eigenvalue weighted by molar-refractivity contribution is 0.103. The Hall–Kier alpha value is -3.35. The van der Waals surface area contributed by atoms with E-state index in [-0.39, 0.29) is 0 Å². The summed E-state index contributed by atoms with van der Waals surface area (Å²) < 4.78 is 0. The number of likely N-dealkylation sites (tertiary alicyclic amines) is 1. The number of nitrogens with zero attached hydrogens (tertiary/aromatic N) is 2. The van der Waals surface area contributed by atoms with E-state index in [4.69, 9.17) is 4.99 Å². The summed E-state index contributed by atoms with van der Waals surface area (Å²) in [5.41, 5.74) is 8.74. The van der Waals surface area contributed by atoms with Gasteiger partial charge in [0, 0.05) is 24.5 Å². The number of hydrogen-bond acceptors (Lipinski definition) is 3. The molecule has 1 N–H and O–H groups in total. The summed E-state index contributed by atoms with van der Waals surface area (Å²) >= 11 is 0. The first-order valence-electron chi connectivity index (χ1n) is 16.4. The Labute approximate surface area is 264 Å². The van der Waals surface area contributed by atoms with Crippen LogP contribution in [0.2, 0.25) is 0 Å². The Bertz CT molecular complexity index is 1200. The standard InChI is InChI=1S/C36H49N3.C2H6.C2H2/c1-27(2)30(5)24-37-26-34(23-29(4)36-14-10-9-11-28(36)3)38-25-31-19-21-39(22-20-31)35-17-15-33(16-18-35)32-12-7-6-8-13-32;2*1-2/h6-14,23-24,31,33,35,38H,4,15-22,25-26H2,1-3,5H3;1-2H3;1-2H/b34-23+,37-24?;;. The Morgan fingerprint density at radius 3 is 2.12 bits per heavy atom. The van der Waals surface area contributed by atoms with Gasteiger partial charge in [-0.15, -0.1) is 12.8 Å². The highest BCUT2D eigenvalue weighted by molar-refractivity contribution is 5.79. The molecule has 1 saturated carbocycles. The molecular formula is C40H57N3. The lowest BCUT2D eigenvalue weighted by Crippen LogP contribution is -2.44. The average molecular weight is 580 g/mol. The van der Waals surface area contributed by atoms with Crippen molar-refractivity contribution in [3.8, 4) is 12.8 Å². The highest BCUT2D eigenvalue weighted by Gasteiger charge is 2.29. The molecule has 3 heteroatoms. The van der Waals surface area contributed by atoms with Gasteiger partial charge in [-0.25, -0.2) is 0 Å². The van der Waals surface area contributed by atoms with Crippen LogP contribution in [0.25, 0.3) is 5.57 Å². The molecule has 1 heterocycles. The van der Waals surface area contributed by atoms with E-state index < -0.39 is 0 Å². The fourth-order valence-corrected chi connectivity index (χ4v) is 6.08. The molecule has 232 valence electrons. The number of allylic oxidation sites excluding steroid dienone is 4. The smallest absolute Gasteiger partial charge is 0.0786 e. The first-order chi connectivity index (χ1) is 20.9. The van der Waals surface area contributed by atoms with Gasteiger partial charge in [-0.3, -0.25) is 4.99 Å². The second-order valence-electron chi connectivity index (χ2n) is 11.9. The molecule has 2 fully saturated rings. The molecule has 4 rings (SSSR count). The minimum atomic E-state index is 0.652. The van der Waals surface area contributed by atoms with Crippen molar-refractivity contribution in [3.05, 3.63) is 101 Å².